The summed E-state index contributed by atoms with van der Waals surface area (Å²) < 4.78 is 6.17. The first-order valence-corrected chi connectivity index (χ1v) is 10.5. The van der Waals surface area contributed by atoms with Crippen molar-refractivity contribution in [3.05, 3.63) is 90.3 Å². The van der Waals surface area contributed by atoms with E-state index in [1.165, 1.54) is 22.2 Å². The summed E-state index contributed by atoms with van der Waals surface area (Å²) in [5, 5.41) is 1.22. The molecule has 152 valence electrons. The highest BCUT2D eigenvalue weighted by molar-refractivity contribution is 5.79. The fourth-order valence-electron chi connectivity index (χ4n) is 4.11. The Morgan fingerprint density at radius 2 is 1.67 bits per heavy atom. The largest absolute Gasteiger partial charge is 0.487 e. The van der Waals surface area contributed by atoms with Crippen LogP contribution < -0.4 is 9.64 Å². The van der Waals surface area contributed by atoms with Crippen LogP contribution in [0.5, 0.6) is 5.75 Å². The Bertz CT molecular complexity index is 1100. The van der Waals surface area contributed by atoms with E-state index in [0.717, 1.165) is 44.1 Å². The Balaban J connectivity index is 1.22. The van der Waals surface area contributed by atoms with Crippen molar-refractivity contribution in [2.24, 2.45) is 0 Å². The van der Waals surface area contributed by atoms with Crippen LogP contribution in [-0.2, 0) is 13.2 Å². The fourth-order valence-corrected chi connectivity index (χ4v) is 4.11. The molecule has 5 heteroatoms. The van der Waals surface area contributed by atoms with Gasteiger partial charge >= 0.3 is 0 Å². The zero-order valence-electron chi connectivity index (χ0n) is 17.0. The number of nitrogens with zero attached hydrogens (tertiary/aromatic N) is 3. The molecule has 5 rings (SSSR count). The van der Waals surface area contributed by atoms with Crippen LogP contribution in [0, 0.1) is 0 Å². The number of hydrogen-bond donors (Lipinski definition) is 1. The average Bonchev–Trinajstić information content (AvgIpc) is 3.22. The topological polar surface area (TPSA) is 44.4 Å². The molecule has 0 atom stereocenters. The Morgan fingerprint density at radius 1 is 0.867 bits per heavy atom. The molecule has 2 aromatic heterocycles. The number of aromatic nitrogens is 2. The Kier molecular flexibility index (Phi) is 5.36. The number of anilines is 1. The summed E-state index contributed by atoms with van der Waals surface area (Å²) in [6, 6.07) is 22.9. The molecule has 0 saturated carbocycles. The van der Waals surface area contributed by atoms with Crippen molar-refractivity contribution in [3.63, 3.8) is 0 Å². The number of rotatable bonds is 6. The summed E-state index contributed by atoms with van der Waals surface area (Å²) in [6.07, 6.45) is 3.93. The van der Waals surface area contributed by atoms with E-state index in [4.69, 9.17) is 4.74 Å². The van der Waals surface area contributed by atoms with E-state index in [-0.39, 0.29) is 0 Å². The maximum absolute atomic E-state index is 6.17. The molecule has 1 aliphatic heterocycles. The molecule has 4 aromatic rings. The maximum atomic E-state index is 6.17. The zero-order chi connectivity index (χ0) is 20.2. The molecule has 0 spiro atoms. The molecule has 0 aliphatic carbocycles. The third kappa shape index (κ3) is 4.02. The minimum Gasteiger partial charge on any atom is -0.487 e. The van der Waals surface area contributed by atoms with E-state index in [9.17, 15) is 0 Å². The minimum atomic E-state index is 0.590. The molecule has 3 heterocycles. The lowest BCUT2D eigenvalue weighted by Gasteiger charge is -2.36. The third-order valence-corrected chi connectivity index (χ3v) is 5.75. The van der Waals surface area contributed by atoms with Gasteiger partial charge in [0.25, 0.3) is 0 Å². The average molecular weight is 399 g/mol. The first-order valence-electron chi connectivity index (χ1n) is 10.5. The number of para-hydroxylation sites is 2. The SMILES string of the molecule is c1ccc(COc2ccccc2N2CCN(Cc3c[nH]c4ncccc34)CC2)cc1. The Morgan fingerprint density at radius 3 is 2.53 bits per heavy atom. The molecule has 5 nitrogen and oxygen atoms in total. The van der Waals surface area contributed by atoms with Gasteiger partial charge in [0.15, 0.2) is 0 Å². The number of piperazine rings is 1. The smallest absolute Gasteiger partial charge is 0.143 e. The van der Waals surface area contributed by atoms with Gasteiger partial charge < -0.3 is 14.6 Å². The highest BCUT2D eigenvalue weighted by atomic mass is 16.5. The Labute approximate surface area is 176 Å². The van der Waals surface area contributed by atoms with E-state index < -0.39 is 0 Å². The van der Waals surface area contributed by atoms with Gasteiger partial charge in [-0.05, 0) is 35.4 Å². The molecule has 2 aromatic carbocycles. The molecule has 1 N–H and O–H groups in total. The number of H-pyrrole nitrogens is 1. The summed E-state index contributed by atoms with van der Waals surface area (Å²) in [5.41, 5.74) is 4.66. The quantitative estimate of drug-likeness (QED) is 0.521. The van der Waals surface area contributed by atoms with E-state index >= 15 is 0 Å². The van der Waals surface area contributed by atoms with Gasteiger partial charge in [-0.1, -0.05) is 42.5 Å². The molecule has 0 unspecified atom stereocenters. The van der Waals surface area contributed by atoms with Gasteiger partial charge in [-0.2, -0.15) is 0 Å². The lowest BCUT2D eigenvalue weighted by Crippen LogP contribution is -2.46. The van der Waals surface area contributed by atoms with Gasteiger partial charge in [0.2, 0.25) is 0 Å². The normalized spacial score (nSPS) is 14.9. The molecule has 30 heavy (non-hydrogen) atoms. The monoisotopic (exact) mass is 398 g/mol. The molecule has 0 radical (unpaired) electrons. The predicted octanol–water partition coefficient (Wildman–Crippen LogP) is 4.46. The molecule has 0 amide bonds. The molecular weight excluding hydrogens is 372 g/mol. The lowest BCUT2D eigenvalue weighted by atomic mass is 10.2. The fraction of sp³-hybridized carbons (Fsp3) is 0.240. The lowest BCUT2D eigenvalue weighted by molar-refractivity contribution is 0.248. The van der Waals surface area contributed by atoms with Crippen LogP contribution in [0.2, 0.25) is 0 Å². The maximum Gasteiger partial charge on any atom is 0.143 e. The van der Waals surface area contributed by atoms with Crippen molar-refractivity contribution >= 4 is 16.7 Å². The molecule has 1 aliphatic rings. The van der Waals surface area contributed by atoms with Crippen molar-refractivity contribution in [3.8, 4) is 5.75 Å². The number of hydrogen-bond acceptors (Lipinski definition) is 4. The van der Waals surface area contributed by atoms with Gasteiger partial charge in [0.1, 0.15) is 18.0 Å². The minimum absolute atomic E-state index is 0.590. The number of pyridine rings is 1. The standard InChI is InChI=1S/C25H26N4O/c1-2-7-20(8-3-1)19-30-24-11-5-4-10-23(24)29-15-13-28(14-16-29)18-21-17-27-25-22(21)9-6-12-26-25/h1-12,17H,13-16,18-19H2,(H,26,27). The first-order chi connectivity index (χ1) is 14.9. The van der Waals surface area contributed by atoms with Crippen molar-refractivity contribution in [2.75, 3.05) is 31.1 Å². The first kappa shape index (κ1) is 18.7. The zero-order valence-corrected chi connectivity index (χ0v) is 17.0. The van der Waals surface area contributed by atoms with Gasteiger partial charge in [-0.3, -0.25) is 4.90 Å². The van der Waals surface area contributed by atoms with E-state index in [2.05, 4.69) is 62.4 Å². The van der Waals surface area contributed by atoms with Gasteiger partial charge in [-0.25, -0.2) is 4.98 Å². The van der Waals surface area contributed by atoms with Crippen LogP contribution in [0.15, 0.2) is 79.1 Å². The molecular formula is C25H26N4O. The number of aromatic amines is 1. The van der Waals surface area contributed by atoms with Crippen molar-refractivity contribution in [1.29, 1.82) is 0 Å². The van der Waals surface area contributed by atoms with E-state index in [1.807, 2.05) is 36.5 Å². The van der Waals surface area contributed by atoms with Crippen molar-refractivity contribution < 1.29 is 4.74 Å². The van der Waals surface area contributed by atoms with Crippen LogP contribution >= 0.6 is 0 Å². The van der Waals surface area contributed by atoms with Gasteiger partial charge in [-0.15, -0.1) is 0 Å². The molecule has 1 saturated heterocycles. The second-order valence-corrected chi connectivity index (χ2v) is 7.72. The summed E-state index contributed by atoms with van der Waals surface area (Å²) in [6.45, 7) is 5.58. The summed E-state index contributed by atoms with van der Waals surface area (Å²) in [7, 11) is 0. The highest BCUT2D eigenvalue weighted by Gasteiger charge is 2.20. The van der Waals surface area contributed by atoms with Gasteiger partial charge in [0, 0.05) is 50.5 Å². The molecule has 1 fully saturated rings. The van der Waals surface area contributed by atoms with Crippen LogP contribution in [0.4, 0.5) is 5.69 Å². The number of ether oxygens (including phenoxy) is 1. The van der Waals surface area contributed by atoms with Crippen LogP contribution in [0.25, 0.3) is 11.0 Å². The number of nitrogens with one attached hydrogen (secondary N) is 1. The summed E-state index contributed by atoms with van der Waals surface area (Å²) in [5.74, 6) is 0.956. The van der Waals surface area contributed by atoms with Crippen molar-refractivity contribution in [2.45, 2.75) is 13.2 Å². The summed E-state index contributed by atoms with van der Waals surface area (Å²) >= 11 is 0. The van der Waals surface area contributed by atoms with Crippen LogP contribution in [0.1, 0.15) is 11.1 Å². The van der Waals surface area contributed by atoms with E-state index in [1.54, 1.807) is 0 Å². The second-order valence-electron chi connectivity index (χ2n) is 7.72. The Hall–Kier alpha value is -3.31. The van der Waals surface area contributed by atoms with E-state index in [0.29, 0.717) is 6.61 Å². The van der Waals surface area contributed by atoms with Crippen molar-refractivity contribution in [1.82, 2.24) is 14.9 Å². The van der Waals surface area contributed by atoms with Crippen LogP contribution in [0.3, 0.4) is 0 Å². The number of fused-ring (bicyclic) bond motifs is 1. The molecule has 0 bridgehead atoms. The van der Waals surface area contributed by atoms with Gasteiger partial charge in [0.05, 0.1) is 5.69 Å². The summed E-state index contributed by atoms with van der Waals surface area (Å²) in [4.78, 5) is 12.6. The number of benzene rings is 2. The predicted molar refractivity (Wildman–Crippen MR) is 121 cm³/mol. The third-order valence-electron chi connectivity index (χ3n) is 5.75. The highest BCUT2D eigenvalue weighted by Crippen LogP contribution is 2.30. The second kappa shape index (κ2) is 8.59. The van der Waals surface area contributed by atoms with Crippen LogP contribution in [-0.4, -0.2) is 41.0 Å².